The van der Waals surface area contributed by atoms with E-state index in [0.717, 1.165) is 17.3 Å². The Labute approximate surface area is 152 Å². The molecule has 0 atom stereocenters. The second-order valence-corrected chi connectivity index (χ2v) is 6.15. The van der Waals surface area contributed by atoms with Gasteiger partial charge in [-0.1, -0.05) is 30.3 Å². The van der Waals surface area contributed by atoms with E-state index in [1.807, 2.05) is 12.1 Å². The summed E-state index contributed by atoms with van der Waals surface area (Å²) in [5, 5.41) is 2.57. The molecule has 0 bridgehead atoms. The maximum Gasteiger partial charge on any atom is 0.261 e. The number of carbonyl (C=O) groups is 1. The number of nitrogens with one attached hydrogen (secondary N) is 1. The molecular weight excluding hydrogens is 329 g/mol. The minimum absolute atomic E-state index is 0.189. The number of aliphatic imine (C=N–C) groups is 1. The Morgan fingerprint density at radius 3 is 2.73 bits per heavy atom. The lowest BCUT2D eigenvalue weighted by Crippen LogP contribution is -2.15. The molecule has 26 heavy (non-hydrogen) atoms. The number of nitrogens with zero attached hydrogens (tertiary/aromatic N) is 2. The van der Waals surface area contributed by atoms with Gasteiger partial charge < -0.3 is 5.32 Å². The highest BCUT2D eigenvalue weighted by atomic mass is 19.1. The molecule has 1 aromatic heterocycles. The third kappa shape index (κ3) is 4.11. The zero-order chi connectivity index (χ0) is 18.5. The Balaban J connectivity index is 1.75. The van der Waals surface area contributed by atoms with Gasteiger partial charge in [0.15, 0.2) is 0 Å². The number of carbonyl (C=O) groups excluding carboxylic acids is 1. The number of pyridine rings is 1. The molecule has 2 aromatic rings. The third-order valence-corrected chi connectivity index (χ3v) is 4.25. The molecule has 1 N–H and O–H groups in total. The molecule has 4 nitrogen and oxygen atoms in total. The third-order valence-electron chi connectivity index (χ3n) is 4.25. The number of allylic oxidation sites excluding steroid dienone is 1. The van der Waals surface area contributed by atoms with Crippen LogP contribution in [0.2, 0.25) is 0 Å². The lowest BCUT2D eigenvalue weighted by atomic mass is 10.0. The first-order valence-electron chi connectivity index (χ1n) is 8.48. The summed E-state index contributed by atoms with van der Waals surface area (Å²) in [7, 11) is 0. The van der Waals surface area contributed by atoms with Crippen LogP contribution in [0.15, 0.2) is 71.3 Å². The largest absolute Gasteiger partial charge is 0.306 e. The van der Waals surface area contributed by atoms with Crippen LogP contribution in [0.4, 0.5) is 10.2 Å². The first-order chi connectivity index (χ1) is 12.6. The van der Waals surface area contributed by atoms with Crippen molar-refractivity contribution < 1.29 is 9.18 Å². The summed E-state index contributed by atoms with van der Waals surface area (Å²) in [6.07, 6.45) is 6.49. The summed E-state index contributed by atoms with van der Waals surface area (Å²) in [6, 6.07) is 12.0. The molecule has 132 valence electrons. The number of amides is 1. The molecule has 1 aliphatic carbocycles. The van der Waals surface area contributed by atoms with Crippen LogP contribution < -0.4 is 5.32 Å². The monoisotopic (exact) mass is 349 g/mol. The zero-order valence-corrected chi connectivity index (χ0v) is 14.6. The highest BCUT2D eigenvalue weighted by Gasteiger charge is 2.23. The van der Waals surface area contributed by atoms with Gasteiger partial charge in [-0.3, -0.25) is 9.79 Å². The van der Waals surface area contributed by atoms with E-state index in [-0.39, 0.29) is 5.57 Å². The van der Waals surface area contributed by atoms with Gasteiger partial charge in [-0.15, -0.1) is 0 Å². The molecule has 5 heteroatoms. The lowest BCUT2D eigenvalue weighted by Gasteiger charge is -2.08. The summed E-state index contributed by atoms with van der Waals surface area (Å²) < 4.78 is 13.8. The Hall–Kier alpha value is -3.08. The Kier molecular flexibility index (Phi) is 5.37. The summed E-state index contributed by atoms with van der Waals surface area (Å²) in [6.45, 7) is 4.76. The topological polar surface area (TPSA) is 54.4 Å². The van der Waals surface area contributed by atoms with Crippen molar-refractivity contribution >= 4 is 18.4 Å². The highest BCUT2D eigenvalue weighted by molar-refractivity contribution is 6.06. The Morgan fingerprint density at radius 2 is 2.12 bits per heavy atom. The van der Waals surface area contributed by atoms with Crippen LogP contribution >= 0.6 is 0 Å². The number of anilines is 1. The van der Waals surface area contributed by atoms with Crippen molar-refractivity contribution in [3.63, 3.8) is 0 Å². The SMILES string of the molecule is C=N/C=C(C(=O)Nc1ccc(-c2cccc(C3CC3)c2)cn1)\C(F)=C/C. The molecule has 1 amide bonds. The fourth-order valence-corrected chi connectivity index (χ4v) is 2.69. The van der Waals surface area contributed by atoms with Crippen molar-refractivity contribution in [3.05, 3.63) is 71.8 Å². The van der Waals surface area contributed by atoms with Crippen LogP contribution in [0.5, 0.6) is 0 Å². The standard InChI is InChI=1S/C21H20FN3O/c1-3-19(22)18(13-23-2)21(26)25-20-10-9-17(12-24-20)16-6-4-5-15(11-16)14-7-8-14/h3-6,9-14H,2,7-8H2,1H3,(H,24,25,26)/b18-13+,19-3+. The summed E-state index contributed by atoms with van der Waals surface area (Å²) in [5.41, 5.74) is 3.23. The molecule has 0 spiro atoms. The van der Waals surface area contributed by atoms with Crippen LogP contribution in [0.1, 0.15) is 31.2 Å². The second-order valence-electron chi connectivity index (χ2n) is 6.15. The number of aromatic nitrogens is 1. The molecule has 0 unspecified atom stereocenters. The van der Waals surface area contributed by atoms with Crippen molar-refractivity contribution in [3.8, 4) is 11.1 Å². The molecule has 1 saturated carbocycles. The van der Waals surface area contributed by atoms with Gasteiger partial charge in [0.25, 0.3) is 5.91 Å². The van der Waals surface area contributed by atoms with Gasteiger partial charge in [-0.2, -0.15) is 0 Å². The van der Waals surface area contributed by atoms with E-state index >= 15 is 0 Å². The van der Waals surface area contributed by atoms with Crippen LogP contribution in [0.3, 0.4) is 0 Å². The minimum Gasteiger partial charge on any atom is -0.306 e. The van der Waals surface area contributed by atoms with E-state index in [4.69, 9.17) is 0 Å². The van der Waals surface area contributed by atoms with Gasteiger partial charge in [-0.05, 0) is 55.7 Å². The van der Waals surface area contributed by atoms with E-state index in [2.05, 4.69) is 40.2 Å². The van der Waals surface area contributed by atoms with Crippen LogP contribution in [-0.2, 0) is 4.79 Å². The first-order valence-corrected chi connectivity index (χ1v) is 8.48. The minimum atomic E-state index is -0.664. The molecule has 1 heterocycles. The van der Waals surface area contributed by atoms with Crippen molar-refractivity contribution in [2.75, 3.05) is 5.32 Å². The fourth-order valence-electron chi connectivity index (χ4n) is 2.69. The zero-order valence-electron chi connectivity index (χ0n) is 14.6. The predicted molar refractivity (Wildman–Crippen MR) is 103 cm³/mol. The van der Waals surface area contributed by atoms with Crippen molar-refractivity contribution in [1.29, 1.82) is 0 Å². The average Bonchev–Trinajstić information content (AvgIpc) is 3.51. The molecule has 1 fully saturated rings. The Bertz CT molecular complexity index is 880. The quantitative estimate of drug-likeness (QED) is 0.452. The number of hydrogen-bond donors (Lipinski definition) is 1. The van der Waals surface area contributed by atoms with Crippen molar-refractivity contribution in [2.45, 2.75) is 25.7 Å². The van der Waals surface area contributed by atoms with Gasteiger partial charge in [0, 0.05) is 18.0 Å². The molecule has 1 aliphatic rings. The number of hydrogen-bond acceptors (Lipinski definition) is 3. The number of halogens is 1. The van der Waals surface area contributed by atoms with Crippen molar-refractivity contribution in [1.82, 2.24) is 4.98 Å². The van der Waals surface area contributed by atoms with Gasteiger partial charge in [-0.25, -0.2) is 9.37 Å². The van der Waals surface area contributed by atoms with E-state index in [9.17, 15) is 9.18 Å². The van der Waals surface area contributed by atoms with Crippen LogP contribution in [0.25, 0.3) is 11.1 Å². The van der Waals surface area contributed by atoms with E-state index in [1.165, 1.54) is 31.4 Å². The molecule has 0 aliphatic heterocycles. The van der Waals surface area contributed by atoms with Gasteiger partial charge in [0.2, 0.25) is 0 Å². The molecular formula is C21H20FN3O. The average molecular weight is 349 g/mol. The number of rotatable bonds is 6. The normalized spacial score (nSPS) is 14.8. The smallest absolute Gasteiger partial charge is 0.261 e. The maximum atomic E-state index is 13.8. The number of benzene rings is 1. The predicted octanol–water partition coefficient (Wildman–Crippen LogP) is 5.02. The van der Waals surface area contributed by atoms with E-state index in [0.29, 0.717) is 11.7 Å². The molecule has 0 saturated heterocycles. The van der Waals surface area contributed by atoms with Gasteiger partial charge in [0.1, 0.15) is 11.6 Å². The van der Waals surface area contributed by atoms with Crippen molar-refractivity contribution in [2.24, 2.45) is 4.99 Å². The van der Waals surface area contributed by atoms with Crippen LogP contribution in [0, 0.1) is 0 Å². The molecule has 0 radical (unpaired) electrons. The first kappa shape index (κ1) is 17.7. The molecule has 1 aromatic carbocycles. The Morgan fingerprint density at radius 1 is 1.31 bits per heavy atom. The fraction of sp³-hybridized carbons (Fsp3) is 0.190. The summed E-state index contributed by atoms with van der Waals surface area (Å²) >= 11 is 0. The van der Waals surface area contributed by atoms with Crippen LogP contribution in [-0.4, -0.2) is 17.6 Å². The highest BCUT2D eigenvalue weighted by Crippen LogP contribution is 2.41. The molecule has 3 rings (SSSR count). The maximum absolute atomic E-state index is 13.8. The van der Waals surface area contributed by atoms with Gasteiger partial charge in [0.05, 0.1) is 5.57 Å². The van der Waals surface area contributed by atoms with Gasteiger partial charge >= 0.3 is 0 Å². The van der Waals surface area contributed by atoms with E-state index in [1.54, 1.807) is 12.3 Å². The van der Waals surface area contributed by atoms with E-state index < -0.39 is 11.7 Å². The second kappa shape index (κ2) is 7.87. The lowest BCUT2D eigenvalue weighted by molar-refractivity contribution is -0.112. The summed E-state index contributed by atoms with van der Waals surface area (Å²) in [5.74, 6) is -0.255. The summed E-state index contributed by atoms with van der Waals surface area (Å²) in [4.78, 5) is 19.9.